The second kappa shape index (κ2) is 6.64. The molecule has 0 unspecified atom stereocenters. The molecule has 0 aliphatic carbocycles. The summed E-state index contributed by atoms with van der Waals surface area (Å²) in [7, 11) is 3.40. The molecule has 0 fully saturated rings. The van der Waals surface area contributed by atoms with E-state index in [9.17, 15) is 9.59 Å². The molecule has 0 saturated heterocycles. The largest absolute Gasteiger partial charge is 0.462 e. The van der Waals surface area contributed by atoms with Crippen LogP contribution in [0.3, 0.4) is 0 Å². The van der Waals surface area contributed by atoms with Gasteiger partial charge in [-0.05, 0) is 31.2 Å². The van der Waals surface area contributed by atoms with Crippen LogP contribution in [0.25, 0.3) is 0 Å². The highest BCUT2D eigenvalue weighted by atomic mass is 16.5. The molecule has 1 aromatic carbocycles. The lowest BCUT2D eigenvalue weighted by Crippen LogP contribution is -2.28. The molecule has 0 aliphatic heterocycles. The number of amides is 1. The van der Waals surface area contributed by atoms with Crippen LogP contribution in [0.2, 0.25) is 0 Å². The van der Waals surface area contributed by atoms with Crippen molar-refractivity contribution in [2.45, 2.75) is 6.92 Å². The quantitative estimate of drug-likeness (QED) is 0.802. The molecule has 1 amide bonds. The minimum Gasteiger partial charge on any atom is -0.462 e. The molecular weight excluding hydrogens is 232 g/mol. The van der Waals surface area contributed by atoms with Gasteiger partial charge in [-0.2, -0.15) is 0 Å². The lowest BCUT2D eigenvalue weighted by molar-refractivity contribution is -0.126. The monoisotopic (exact) mass is 250 g/mol. The number of hydrogen-bond donors (Lipinski definition) is 1. The molecule has 0 saturated carbocycles. The van der Waals surface area contributed by atoms with Gasteiger partial charge in [0.25, 0.3) is 0 Å². The Hall–Kier alpha value is -2.04. The first kappa shape index (κ1) is 14.0. The van der Waals surface area contributed by atoms with E-state index in [2.05, 4.69) is 5.32 Å². The van der Waals surface area contributed by atoms with Crippen molar-refractivity contribution >= 4 is 17.6 Å². The first-order chi connectivity index (χ1) is 8.54. The first-order valence-corrected chi connectivity index (χ1v) is 5.75. The number of anilines is 1. The Morgan fingerprint density at radius 2 is 1.83 bits per heavy atom. The van der Waals surface area contributed by atoms with Gasteiger partial charge in [-0.1, -0.05) is 0 Å². The molecule has 5 nitrogen and oxygen atoms in total. The number of benzene rings is 1. The number of carbonyl (C=O) groups excluding carboxylic acids is 2. The van der Waals surface area contributed by atoms with Gasteiger partial charge in [0.2, 0.25) is 5.91 Å². The van der Waals surface area contributed by atoms with Crippen LogP contribution >= 0.6 is 0 Å². The molecule has 1 aromatic rings. The lowest BCUT2D eigenvalue weighted by Gasteiger charge is -2.11. The predicted molar refractivity (Wildman–Crippen MR) is 69.6 cm³/mol. The number of likely N-dealkylation sites (N-methyl/N-ethyl adjacent to an activating group) is 1. The second-order valence-corrected chi connectivity index (χ2v) is 3.94. The zero-order chi connectivity index (χ0) is 13.5. The van der Waals surface area contributed by atoms with Crippen LogP contribution in [0.4, 0.5) is 5.69 Å². The fraction of sp³-hybridized carbons (Fsp3) is 0.385. The Balaban J connectivity index is 2.55. The topological polar surface area (TPSA) is 58.6 Å². The molecule has 0 heterocycles. The maximum atomic E-state index is 11.4. The maximum absolute atomic E-state index is 11.4. The maximum Gasteiger partial charge on any atom is 0.338 e. The summed E-state index contributed by atoms with van der Waals surface area (Å²) in [6.45, 7) is 2.35. The van der Waals surface area contributed by atoms with Crippen molar-refractivity contribution in [1.29, 1.82) is 0 Å². The Morgan fingerprint density at radius 3 is 2.33 bits per heavy atom. The summed E-state index contributed by atoms with van der Waals surface area (Å²) in [5, 5.41) is 2.98. The normalized spacial score (nSPS) is 9.72. The number of nitrogens with one attached hydrogen (secondary N) is 1. The highest BCUT2D eigenvalue weighted by molar-refractivity contribution is 5.90. The van der Waals surface area contributed by atoms with Crippen molar-refractivity contribution in [3.63, 3.8) is 0 Å². The highest BCUT2D eigenvalue weighted by Gasteiger charge is 2.06. The van der Waals surface area contributed by atoms with Crippen molar-refractivity contribution < 1.29 is 14.3 Å². The molecule has 1 N–H and O–H groups in total. The summed E-state index contributed by atoms with van der Waals surface area (Å²) in [4.78, 5) is 24.3. The summed E-state index contributed by atoms with van der Waals surface area (Å²) in [6.07, 6.45) is 0. The van der Waals surface area contributed by atoms with Crippen molar-refractivity contribution in [3.05, 3.63) is 29.8 Å². The number of carbonyl (C=O) groups is 2. The van der Waals surface area contributed by atoms with Crippen molar-refractivity contribution in [1.82, 2.24) is 4.90 Å². The SMILES string of the molecule is CCOC(=O)c1ccc(NCC(=O)N(C)C)cc1. The van der Waals surface area contributed by atoms with Gasteiger partial charge in [0.05, 0.1) is 18.7 Å². The van der Waals surface area contributed by atoms with E-state index in [1.807, 2.05) is 0 Å². The highest BCUT2D eigenvalue weighted by Crippen LogP contribution is 2.10. The average molecular weight is 250 g/mol. The van der Waals surface area contributed by atoms with Crippen LogP contribution in [0.15, 0.2) is 24.3 Å². The molecule has 0 bridgehead atoms. The van der Waals surface area contributed by atoms with Gasteiger partial charge in [0.1, 0.15) is 0 Å². The molecule has 0 aromatic heterocycles. The molecule has 0 atom stereocenters. The number of esters is 1. The summed E-state index contributed by atoms with van der Waals surface area (Å²) in [5.41, 5.74) is 1.29. The van der Waals surface area contributed by atoms with E-state index in [0.29, 0.717) is 12.2 Å². The van der Waals surface area contributed by atoms with Crippen LogP contribution < -0.4 is 5.32 Å². The minimum absolute atomic E-state index is 0.00975. The van der Waals surface area contributed by atoms with E-state index in [4.69, 9.17) is 4.74 Å². The van der Waals surface area contributed by atoms with Crippen molar-refractivity contribution in [3.8, 4) is 0 Å². The second-order valence-electron chi connectivity index (χ2n) is 3.94. The Bertz CT molecular complexity index is 413. The zero-order valence-corrected chi connectivity index (χ0v) is 10.9. The standard InChI is InChI=1S/C13H18N2O3/c1-4-18-13(17)10-5-7-11(8-6-10)14-9-12(16)15(2)3/h5-8,14H,4,9H2,1-3H3. The number of rotatable bonds is 5. The zero-order valence-electron chi connectivity index (χ0n) is 10.9. The molecular formula is C13H18N2O3. The average Bonchev–Trinajstić information content (AvgIpc) is 2.36. The van der Waals surface area contributed by atoms with Gasteiger partial charge in [0.15, 0.2) is 0 Å². The Morgan fingerprint density at radius 1 is 1.22 bits per heavy atom. The fourth-order valence-corrected chi connectivity index (χ4v) is 1.27. The first-order valence-electron chi connectivity index (χ1n) is 5.75. The van der Waals surface area contributed by atoms with Crippen LogP contribution in [-0.4, -0.2) is 44.0 Å². The van der Waals surface area contributed by atoms with Gasteiger partial charge in [-0.15, -0.1) is 0 Å². The van der Waals surface area contributed by atoms with Crippen molar-refractivity contribution in [2.75, 3.05) is 32.6 Å². The summed E-state index contributed by atoms with van der Waals surface area (Å²) in [6, 6.07) is 6.82. The van der Waals surface area contributed by atoms with Gasteiger partial charge >= 0.3 is 5.97 Å². The molecule has 1 rings (SSSR count). The lowest BCUT2D eigenvalue weighted by atomic mass is 10.2. The number of ether oxygens (including phenoxy) is 1. The molecule has 98 valence electrons. The van der Waals surface area contributed by atoms with E-state index in [-0.39, 0.29) is 18.4 Å². The van der Waals surface area contributed by atoms with E-state index >= 15 is 0 Å². The van der Waals surface area contributed by atoms with Crippen molar-refractivity contribution in [2.24, 2.45) is 0 Å². The third kappa shape index (κ3) is 4.08. The molecule has 5 heteroatoms. The fourth-order valence-electron chi connectivity index (χ4n) is 1.27. The smallest absolute Gasteiger partial charge is 0.338 e. The minimum atomic E-state index is -0.339. The van der Waals surface area contributed by atoms with E-state index < -0.39 is 0 Å². The summed E-state index contributed by atoms with van der Waals surface area (Å²) >= 11 is 0. The van der Waals surface area contributed by atoms with E-state index in [1.165, 1.54) is 4.90 Å². The third-order valence-corrected chi connectivity index (χ3v) is 2.34. The van der Waals surface area contributed by atoms with Gasteiger partial charge in [-0.25, -0.2) is 4.79 Å². The number of hydrogen-bond acceptors (Lipinski definition) is 4. The molecule has 0 radical (unpaired) electrons. The van der Waals surface area contributed by atoms with Gasteiger partial charge in [-0.3, -0.25) is 4.79 Å². The summed E-state index contributed by atoms with van der Waals surface area (Å²) < 4.78 is 4.88. The van der Waals surface area contributed by atoms with E-state index in [0.717, 1.165) is 5.69 Å². The van der Waals surface area contributed by atoms with E-state index in [1.54, 1.807) is 45.3 Å². The van der Waals surface area contributed by atoms with Gasteiger partial charge < -0.3 is 15.0 Å². The number of nitrogens with zero attached hydrogens (tertiary/aromatic N) is 1. The van der Waals surface area contributed by atoms with Crippen LogP contribution in [0, 0.1) is 0 Å². The Kier molecular flexibility index (Phi) is 5.17. The van der Waals surface area contributed by atoms with Crippen LogP contribution in [0.1, 0.15) is 17.3 Å². The predicted octanol–water partition coefficient (Wildman–Crippen LogP) is 1.36. The molecule has 0 spiro atoms. The Labute approximate surface area is 107 Å². The van der Waals surface area contributed by atoms with Crippen LogP contribution in [-0.2, 0) is 9.53 Å². The molecule has 0 aliphatic rings. The van der Waals surface area contributed by atoms with Gasteiger partial charge in [0, 0.05) is 19.8 Å². The summed E-state index contributed by atoms with van der Waals surface area (Å²) in [5.74, 6) is -0.349. The third-order valence-electron chi connectivity index (χ3n) is 2.34. The molecule has 18 heavy (non-hydrogen) atoms. The van der Waals surface area contributed by atoms with Crippen LogP contribution in [0.5, 0.6) is 0 Å².